The summed E-state index contributed by atoms with van der Waals surface area (Å²) in [4.78, 5) is 0. The van der Waals surface area contributed by atoms with Gasteiger partial charge in [0, 0.05) is 0 Å². The third kappa shape index (κ3) is 5.50. The zero-order chi connectivity index (χ0) is 36.3. The van der Waals surface area contributed by atoms with Crippen molar-refractivity contribution in [3.63, 3.8) is 0 Å². The highest BCUT2D eigenvalue weighted by Gasteiger charge is 2.40. The Morgan fingerprint density at radius 2 is 0.600 bits per heavy atom. The second-order valence-electron chi connectivity index (χ2n) is 11.7. The first-order valence-corrected chi connectivity index (χ1v) is 14.2. The molecule has 2 aliphatic rings. The van der Waals surface area contributed by atoms with Crippen molar-refractivity contribution in [1.82, 2.24) is 0 Å². The molecule has 0 nitrogen and oxygen atoms in total. The Labute approximate surface area is 271 Å². The molecule has 0 saturated heterocycles. The molecule has 50 heavy (non-hydrogen) atoms. The van der Waals surface area contributed by atoms with Gasteiger partial charge in [0.05, 0.1) is 22.3 Å². The molecule has 0 bridgehead atoms. The van der Waals surface area contributed by atoms with E-state index in [1.807, 2.05) is 0 Å². The first kappa shape index (κ1) is 33.4. The number of benzene rings is 5. The summed E-state index contributed by atoms with van der Waals surface area (Å²) in [6, 6.07) is 10.3. The van der Waals surface area contributed by atoms with E-state index in [0.29, 0.717) is 24.3 Å². The lowest BCUT2D eigenvalue weighted by Crippen LogP contribution is -2.17. The molecule has 0 fully saturated rings. The van der Waals surface area contributed by atoms with Gasteiger partial charge in [0.2, 0.25) is 0 Å². The van der Waals surface area contributed by atoms with E-state index in [2.05, 4.69) is 0 Å². The molecule has 0 unspecified atom stereocenters. The van der Waals surface area contributed by atoms with Crippen LogP contribution in [0.15, 0.2) is 84.9 Å². The molecule has 0 heterocycles. The van der Waals surface area contributed by atoms with Crippen LogP contribution in [0.2, 0.25) is 0 Å². The molecule has 7 rings (SSSR count). The molecular formula is C36H14F14. The van der Waals surface area contributed by atoms with E-state index in [0.717, 1.165) is 24.3 Å². The Hall–Kier alpha value is -5.14. The highest BCUT2D eigenvalue weighted by molar-refractivity contribution is 6.01. The SMILES string of the molecule is Fc1ccc2c(c1)C(c1cc(C(F)(F)F)cc(C(F)(F)F)c1)=c1cc3c(cc1-2)=C(c1cc(C(F)(F)F)cc(C(F)(F)F)c1)c1cc(F)ccc1-3. The fourth-order valence-electron chi connectivity index (χ4n) is 6.49. The van der Waals surface area contributed by atoms with Gasteiger partial charge in [0.15, 0.2) is 0 Å². The standard InChI is InChI=1S/C36H14F14/c37-21-1-3-23-25-13-30-26(14-29(25)31(27(23)11-21)15-5-17(33(39,40)41)9-18(6-15)34(42,43)44)24-4-2-22(38)12-28(24)32(30)16-7-19(35(45,46)47)10-20(8-16)36(48,49)50/h1-14H. The molecule has 14 heteroatoms. The van der Waals surface area contributed by atoms with Crippen LogP contribution in [0, 0.1) is 11.6 Å². The molecular weight excluding hydrogens is 698 g/mol. The van der Waals surface area contributed by atoms with Crippen LogP contribution in [-0.2, 0) is 24.7 Å². The Bertz CT molecular complexity index is 2150. The topological polar surface area (TPSA) is 0 Å². The van der Waals surface area contributed by atoms with Crippen molar-refractivity contribution in [3.8, 4) is 22.3 Å². The highest BCUT2D eigenvalue weighted by atomic mass is 19.4. The molecule has 0 atom stereocenters. The summed E-state index contributed by atoms with van der Waals surface area (Å²) in [7, 11) is 0. The summed E-state index contributed by atoms with van der Waals surface area (Å²) in [5.74, 6) is -1.80. The Morgan fingerprint density at radius 1 is 0.300 bits per heavy atom. The van der Waals surface area contributed by atoms with E-state index in [9.17, 15) is 61.5 Å². The smallest absolute Gasteiger partial charge is 0.207 e. The molecule has 0 N–H and O–H groups in total. The van der Waals surface area contributed by atoms with Gasteiger partial charge < -0.3 is 0 Å². The molecule has 2 aliphatic carbocycles. The Kier molecular flexibility index (Phi) is 7.13. The maximum atomic E-state index is 14.6. The summed E-state index contributed by atoms with van der Waals surface area (Å²) >= 11 is 0. The van der Waals surface area contributed by atoms with Gasteiger partial charge in [-0.3, -0.25) is 0 Å². The maximum absolute atomic E-state index is 14.6. The lowest BCUT2D eigenvalue weighted by molar-refractivity contribution is -0.144. The lowest BCUT2D eigenvalue weighted by Gasteiger charge is -2.16. The molecule has 0 aliphatic heterocycles. The average Bonchev–Trinajstić information content (AvgIpc) is 3.48. The monoisotopic (exact) mass is 712 g/mol. The van der Waals surface area contributed by atoms with Crippen molar-refractivity contribution in [3.05, 3.63) is 152 Å². The van der Waals surface area contributed by atoms with Crippen molar-refractivity contribution in [2.24, 2.45) is 0 Å². The number of rotatable bonds is 2. The normalized spacial score (nSPS) is 14.1. The summed E-state index contributed by atoms with van der Waals surface area (Å²) in [6.07, 6.45) is -20.9. The van der Waals surface area contributed by atoms with E-state index < -0.39 is 69.7 Å². The van der Waals surface area contributed by atoms with Gasteiger partial charge in [0.25, 0.3) is 0 Å². The van der Waals surface area contributed by atoms with Gasteiger partial charge in [-0.2, -0.15) is 52.7 Å². The van der Waals surface area contributed by atoms with Crippen LogP contribution >= 0.6 is 0 Å². The van der Waals surface area contributed by atoms with Gasteiger partial charge in [-0.05, 0) is 139 Å². The van der Waals surface area contributed by atoms with Crippen LogP contribution < -0.4 is 10.4 Å². The minimum Gasteiger partial charge on any atom is -0.207 e. The third-order valence-electron chi connectivity index (χ3n) is 8.53. The molecule has 5 aromatic carbocycles. The number of alkyl halides is 12. The average molecular weight is 712 g/mol. The van der Waals surface area contributed by atoms with Crippen LogP contribution in [0.3, 0.4) is 0 Å². The van der Waals surface area contributed by atoms with Crippen molar-refractivity contribution in [2.75, 3.05) is 0 Å². The molecule has 0 amide bonds. The minimum absolute atomic E-state index is 0.00616. The molecule has 0 radical (unpaired) electrons. The number of hydrogen-bond acceptors (Lipinski definition) is 0. The van der Waals surface area contributed by atoms with Crippen LogP contribution in [0.25, 0.3) is 33.4 Å². The summed E-state index contributed by atoms with van der Waals surface area (Å²) in [6.45, 7) is 0. The minimum atomic E-state index is -5.23. The fraction of sp³-hybridized carbons (Fsp3) is 0.111. The van der Waals surface area contributed by atoms with Crippen molar-refractivity contribution in [1.29, 1.82) is 0 Å². The third-order valence-corrected chi connectivity index (χ3v) is 8.53. The number of fused-ring (bicyclic) bond motifs is 6. The van der Waals surface area contributed by atoms with Crippen LogP contribution in [0.5, 0.6) is 0 Å². The van der Waals surface area contributed by atoms with Gasteiger partial charge in [-0.15, -0.1) is 0 Å². The summed E-state index contributed by atoms with van der Waals surface area (Å²) in [5.41, 5.74) is -8.14. The van der Waals surface area contributed by atoms with Crippen LogP contribution in [-0.4, -0.2) is 0 Å². The maximum Gasteiger partial charge on any atom is 0.416 e. The molecule has 0 saturated carbocycles. The fourth-order valence-corrected chi connectivity index (χ4v) is 6.49. The molecule has 5 aromatic rings. The largest absolute Gasteiger partial charge is 0.416 e. The summed E-state index contributed by atoms with van der Waals surface area (Å²) < 4.78 is 196. The van der Waals surface area contributed by atoms with E-state index in [-0.39, 0.29) is 67.1 Å². The second kappa shape index (κ2) is 10.7. The number of hydrogen-bond donors (Lipinski definition) is 0. The van der Waals surface area contributed by atoms with Gasteiger partial charge in [0.1, 0.15) is 11.6 Å². The van der Waals surface area contributed by atoms with Gasteiger partial charge in [-0.25, -0.2) is 8.78 Å². The molecule has 0 aromatic heterocycles. The lowest BCUT2D eigenvalue weighted by atomic mass is 9.93. The van der Waals surface area contributed by atoms with Gasteiger partial charge in [-0.1, -0.05) is 12.1 Å². The summed E-state index contributed by atoms with van der Waals surface area (Å²) in [5, 5.41) is -0.0123. The Morgan fingerprint density at radius 3 is 0.880 bits per heavy atom. The quantitative estimate of drug-likeness (QED) is 0.157. The number of halogens is 14. The van der Waals surface area contributed by atoms with E-state index in [1.54, 1.807) is 0 Å². The second-order valence-corrected chi connectivity index (χ2v) is 11.7. The first-order valence-electron chi connectivity index (χ1n) is 14.2. The first-order chi connectivity index (χ1) is 23.1. The van der Waals surface area contributed by atoms with Crippen LogP contribution in [0.1, 0.15) is 44.5 Å². The van der Waals surface area contributed by atoms with E-state index in [4.69, 9.17) is 0 Å². The Balaban J connectivity index is 1.63. The molecule has 256 valence electrons. The van der Waals surface area contributed by atoms with Crippen molar-refractivity contribution >= 4 is 11.1 Å². The van der Waals surface area contributed by atoms with Gasteiger partial charge >= 0.3 is 24.7 Å². The zero-order valence-corrected chi connectivity index (χ0v) is 24.4. The van der Waals surface area contributed by atoms with Crippen molar-refractivity contribution in [2.45, 2.75) is 24.7 Å². The zero-order valence-electron chi connectivity index (χ0n) is 24.4. The van der Waals surface area contributed by atoms with E-state index >= 15 is 0 Å². The van der Waals surface area contributed by atoms with Crippen molar-refractivity contribution < 1.29 is 61.5 Å². The van der Waals surface area contributed by atoms with E-state index in [1.165, 1.54) is 24.3 Å². The predicted octanol–water partition coefficient (Wildman–Crippen LogP) is 10.5. The molecule has 0 spiro atoms. The predicted molar refractivity (Wildman–Crippen MR) is 153 cm³/mol. The van der Waals surface area contributed by atoms with Crippen LogP contribution in [0.4, 0.5) is 61.5 Å². The highest BCUT2D eigenvalue weighted by Crippen LogP contribution is 2.45.